The van der Waals surface area contributed by atoms with Crippen LogP contribution in [0, 0.1) is 5.92 Å². The van der Waals surface area contributed by atoms with Gasteiger partial charge in [-0.25, -0.2) is 8.42 Å². The molecule has 1 saturated heterocycles. The lowest BCUT2D eigenvalue weighted by molar-refractivity contribution is -0.122. The number of carbonyl (C=O) groups is 2. The number of sulfonamides is 1. The minimum atomic E-state index is -3.56. The van der Waals surface area contributed by atoms with Crippen LogP contribution in [0.2, 0.25) is 0 Å². The van der Waals surface area contributed by atoms with Crippen LogP contribution in [0.1, 0.15) is 20.3 Å². The van der Waals surface area contributed by atoms with Gasteiger partial charge in [0.25, 0.3) is 0 Å². The van der Waals surface area contributed by atoms with Gasteiger partial charge in [0.1, 0.15) is 0 Å². The van der Waals surface area contributed by atoms with Gasteiger partial charge in [0, 0.05) is 43.5 Å². The Morgan fingerprint density at radius 2 is 1.78 bits per heavy atom. The number of nitrogens with one attached hydrogen (secondary N) is 1. The van der Waals surface area contributed by atoms with E-state index in [0.717, 1.165) is 0 Å². The van der Waals surface area contributed by atoms with Crippen molar-refractivity contribution in [1.29, 1.82) is 0 Å². The monoisotopic (exact) mass is 459 g/mol. The molecule has 1 fully saturated rings. The molecule has 2 aromatic rings. The van der Waals surface area contributed by atoms with Gasteiger partial charge >= 0.3 is 0 Å². The molecule has 2 amide bonds. The molecule has 0 radical (unpaired) electrons. The quantitative estimate of drug-likeness (QED) is 0.682. The number of rotatable bonds is 7. The zero-order valence-corrected chi connectivity index (χ0v) is 18.7. The third kappa shape index (κ3) is 4.15. The van der Waals surface area contributed by atoms with Crippen molar-refractivity contribution >= 4 is 33.2 Å². The van der Waals surface area contributed by atoms with E-state index in [0.29, 0.717) is 36.0 Å². The van der Waals surface area contributed by atoms with Gasteiger partial charge in [-0.1, -0.05) is 13.8 Å². The topological polar surface area (TPSA) is 105 Å². The first-order chi connectivity index (χ1) is 15.3. The maximum absolute atomic E-state index is 12.7. The second-order valence-electron chi connectivity index (χ2n) is 7.55. The minimum Gasteiger partial charge on any atom is -0.454 e. The Bertz CT molecular complexity index is 1130. The van der Waals surface area contributed by atoms with E-state index >= 15 is 0 Å². The summed E-state index contributed by atoms with van der Waals surface area (Å²) in [4.78, 5) is 27.0. The molecule has 2 aliphatic heterocycles. The molecule has 0 aromatic heterocycles. The molecule has 1 atom stereocenters. The normalized spacial score (nSPS) is 17.8. The van der Waals surface area contributed by atoms with Crippen LogP contribution in [0.5, 0.6) is 11.5 Å². The summed E-state index contributed by atoms with van der Waals surface area (Å²) in [6.45, 7) is 4.72. The van der Waals surface area contributed by atoms with Crippen molar-refractivity contribution in [3.05, 3.63) is 42.5 Å². The van der Waals surface area contributed by atoms with E-state index in [4.69, 9.17) is 9.47 Å². The molecule has 2 aliphatic rings. The summed E-state index contributed by atoms with van der Waals surface area (Å²) >= 11 is 0. The van der Waals surface area contributed by atoms with E-state index in [1.54, 1.807) is 49.1 Å². The van der Waals surface area contributed by atoms with E-state index in [9.17, 15) is 18.0 Å². The van der Waals surface area contributed by atoms with Gasteiger partial charge in [-0.15, -0.1) is 0 Å². The average molecular weight is 460 g/mol. The number of hydrogen-bond acceptors (Lipinski definition) is 6. The van der Waals surface area contributed by atoms with Crippen LogP contribution in [0.3, 0.4) is 0 Å². The lowest BCUT2D eigenvalue weighted by atomic mass is 10.1. The molecule has 32 heavy (non-hydrogen) atoms. The Labute approximate surface area is 187 Å². The van der Waals surface area contributed by atoms with E-state index in [1.165, 1.54) is 16.4 Å². The molecule has 2 heterocycles. The van der Waals surface area contributed by atoms with Gasteiger partial charge in [-0.3, -0.25) is 9.59 Å². The Balaban J connectivity index is 1.42. The van der Waals surface area contributed by atoms with Crippen molar-refractivity contribution in [2.45, 2.75) is 25.2 Å². The maximum atomic E-state index is 12.7. The number of amides is 2. The van der Waals surface area contributed by atoms with Crippen LogP contribution in [-0.2, 0) is 19.6 Å². The molecule has 4 rings (SSSR count). The van der Waals surface area contributed by atoms with Crippen molar-refractivity contribution in [3.8, 4) is 11.5 Å². The van der Waals surface area contributed by atoms with Gasteiger partial charge < -0.3 is 19.7 Å². The summed E-state index contributed by atoms with van der Waals surface area (Å²) in [6.07, 6.45) is 0.0920. The standard InChI is InChI=1S/C22H25N3O6S/c1-3-24(4-2)32(28,29)18-8-5-16(6-9-18)23-22(27)15-11-21(26)25(13-15)17-7-10-19-20(12-17)31-14-30-19/h5-10,12,15H,3-4,11,13-14H2,1-2H3,(H,23,27). The molecular weight excluding hydrogens is 434 g/mol. The Morgan fingerprint density at radius 3 is 2.47 bits per heavy atom. The number of ether oxygens (including phenoxy) is 2. The number of nitrogens with zero attached hydrogens (tertiary/aromatic N) is 2. The zero-order valence-electron chi connectivity index (χ0n) is 17.9. The fourth-order valence-electron chi connectivity index (χ4n) is 3.85. The Kier molecular flexibility index (Phi) is 6.07. The van der Waals surface area contributed by atoms with Gasteiger partial charge in [0.05, 0.1) is 10.8 Å². The molecule has 0 bridgehead atoms. The number of hydrogen-bond donors (Lipinski definition) is 1. The fourth-order valence-corrected chi connectivity index (χ4v) is 5.31. The first-order valence-corrected chi connectivity index (χ1v) is 11.9. The summed E-state index contributed by atoms with van der Waals surface area (Å²) in [5.41, 5.74) is 1.13. The van der Waals surface area contributed by atoms with E-state index in [1.807, 2.05) is 0 Å². The van der Waals surface area contributed by atoms with Crippen molar-refractivity contribution in [1.82, 2.24) is 4.31 Å². The van der Waals surface area contributed by atoms with E-state index < -0.39 is 15.9 Å². The minimum absolute atomic E-state index is 0.0920. The third-order valence-corrected chi connectivity index (χ3v) is 7.69. The van der Waals surface area contributed by atoms with Crippen molar-refractivity contribution in [3.63, 3.8) is 0 Å². The molecule has 10 heteroatoms. The fraction of sp³-hybridized carbons (Fsp3) is 0.364. The first-order valence-electron chi connectivity index (χ1n) is 10.4. The summed E-state index contributed by atoms with van der Waals surface area (Å²) in [7, 11) is -3.56. The third-order valence-electron chi connectivity index (χ3n) is 5.63. The first kappa shape index (κ1) is 22.1. The van der Waals surface area contributed by atoms with Gasteiger partial charge in [0.2, 0.25) is 28.6 Å². The second kappa shape index (κ2) is 8.79. The Hall–Kier alpha value is -3.11. The highest BCUT2D eigenvalue weighted by Crippen LogP contribution is 2.37. The van der Waals surface area contributed by atoms with Crippen molar-refractivity contribution < 1.29 is 27.5 Å². The van der Waals surface area contributed by atoms with E-state index in [-0.39, 0.29) is 36.5 Å². The summed E-state index contributed by atoms with van der Waals surface area (Å²) in [5.74, 6) is 0.238. The van der Waals surface area contributed by atoms with Crippen LogP contribution < -0.4 is 19.7 Å². The molecule has 0 saturated carbocycles. The van der Waals surface area contributed by atoms with Crippen LogP contribution in [0.25, 0.3) is 0 Å². The van der Waals surface area contributed by atoms with Gasteiger partial charge in [-0.05, 0) is 36.4 Å². The average Bonchev–Trinajstić information content (AvgIpc) is 3.40. The molecular formula is C22H25N3O6S. The lowest BCUT2D eigenvalue weighted by Gasteiger charge is -2.19. The molecule has 170 valence electrons. The highest BCUT2D eigenvalue weighted by atomic mass is 32.2. The summed E-state index contributed by atoms with van der Waals surface area (Å²) in [5, 5.41) is 2.78. The van der Waals surface area contributed by atoms with E-state index in [2.05, 4.69) is 5.32 Å². The highest BCUT2D eigenvalue weighted by molar-refractivity contribution is 7.89. The second-order valence-corrected chi connectivity index (χ2v) is 9.48. The number of anilines is 2. The maximum Gasteiger partial charge on any atom is 0.243 e. The number of carbonyl (C=O) groups excluding carboxylic acids is 2. The summed E-state index contributed by atoms with van der Waals surface area (Å²) in [6, 6.07) is 11.3. The number of fused-ring (bicyclic) bond motifs is 1. The van der Waals surface area contributed by atoms with Crippen molar-refractivity contribution in [2.75, 3.05) is 36.6 Å². The highest BCUT2D eigenvalue weighted by Gasteiger charge is 2.35. The molecule has 0 spiro atoms. The molecule has 2 aromatic carbocycles. The number of benzene rings is 2. The predicted molar refractivity (Wildman–Crippen MR) is 118 cm³/mol. The Morgan fingerprint density at radius 1 is 1.09 bits per heavy atom. The lowest BCUT2D eigenvalue weighted by Crippen LogP contribution is -2.30. The largest absolute Gasteiger partial charge is 0.454 e. The van der Waals surface area contributed by atoms with Gasteiger partial charge in [0.15, 0.2) is 11.5 Å². The van der Waals surface area contributed by atoms with Crippen LogP contribution >= 0.6 is 0 Å². The van der Waals surface area contributed by atoms with Crippen LogP contribution in [0.15, 0.2) is 47.4 Å². The van der Waals surface area contributed by atoms with Crippen LogP contribution in [0.4, 0.5) is 11.4 Å². The smallest absolute Gasteiger partial charge is 0.243 e. The summed E-state index contributed by atoms with van der Waals surface area (Å²) < 4.78 is 37.2. The molecule has 9 nitrogen and oxygen atoms in total. The van der Waals surface area contributed by atoms with Crippen LogP contribution in [-0.4, -0.2) is 51.0 Å². The predicted octanol–water partition coefficient (Wildman–Crippen LogP) is 2.44. The molecule has 1 N–H and O–H groups in total. The SMILES string of the molecule is CCN(CC)S(=O)(=O)c1ccc(NC(=O)C2CC(=O)N(c3ccc4c(c3)OCO4)C2)cc1. The van der Waals surface area contributed by atoms with Gasteiger partial charge in [-0.2, -0.15) is 4.31 Å². The zero-order chi connectivity index (χ0) is 22.9. The molecule has 0 aliphatic carbocycles. The van der Waals surface area contributed by atoms with Crippen molar-refractivity contribution in [2.24, 2.45) is 5.92 Å². The molecule has 1 unspecified atom stereocenters.